The topological polar surface area (TPSA) is 70.1 Å². The van der Waals surface area contributed by atoms with Gasteiger partial charge in [0.15, 0.2) is 0 Å². The van der Waals surface area contributed by atoms with Crippen molar-refractivity contribution < 1.29 is 5.11 Å². The van der Waals surface area contributed by atoms with Crippen LogP contribution >= 0.6 is 0 Å². The van der Waals surface area contributed by atoms with Crippen LogP contribution in [0.5, 0.6) is 0 Å². The Bertz CT molecular complexity index is 628. The molecule has 4 N–H and O–H groups in total. The molecule has 0 heterocycles. The van der Waals surface area contributed by atoms with Gasteiger partial charge in [-0.1, -0.05) is 24.3 Å². The van der Waals surface area contributed by atoms with Crippen molar-refractivity contribution in [2.75, 3.05) is 5.73 Å². The average Bonchev–Trinajstić information content (AvgIpc) is 2.41. The van der Waals surface area contributed by atoms with Crippen LogP contribution in [0.4, 0.5) is 5.69 Å². The molecule has 0 aliphatic heterocycles. The summed E-state index contributed by atoms with van der Waals surface area (Å²) in [7, 11) is 0. The van der Waals surface area contributed by atoms with Gasteiger partial charge in [0, 0.05) is 17.5 Å². The lowest BCUT2D eigenvalue weighted by Crippen LogP contribution is -1.90. The molecule has 0 aromatic heterocycles. The fourth-order valence-electron chi connectivity index (χ4n) is 1.93. The number of rotatable bonds is 3. The number of aliphatic hydroxyl groups is 1. The van der Waals surface area contributed by atoms with Crippen LogP contribution in [0, 0.1) is 12.3 Å². The lowest BCUT2D eigenvalue weighted by Gasteiger charge is -2.09. The molecule has 3 heteroatoms. The number of allylic oxidation sites excluding steroid dienone is 1. The van der Waals surface area contributed by atoms with E-state index in [0.717, 1.165) is 28.6 Å². The molecule has 19 heavy (non-hydrogen) atoms. The molecule has 0 aliphatic rings. The summed E-state index contributed by atoms with van der Waals surface area (Å²) in [5, 5.41) is 16.8. The lowest BCUT2D eigenvalue weighted by atomic mass is 9.97. The molecular formula is C16H16N2O. The van der Waals surface area contributed by atoms with Crippen molar-refractivity contribution in [2.24, 2.45) is 0 Å². The van der Waals surface area contributed by atoms with Gasteiger partial charge in [-0.25, -0.2) is 0 Å². The van der Waals surface area contributed by atoms with E-state index in [2.05, 4.69) is 0 Å². The third-order valence-corrected chi connectivity index (χ3v) is 3.00. The highest BCUT2D eigenvalue weighted by molar-refractivity contribution is 5.81. The Morgan fingerprint density at radius 2 is 1.84 bits per heavy atom. The smallest absolute Gasteiger partial charge is 0.124 e. The number of nitrogens with two attached hydrogens (primary N) is 1. The van der Waals surface area contributed by atoms with E-state index in [-0.39, 0.29) is 5.76 Å². The van der Waals surface area contributed by atoms with Crippen molar-refractivity contribution in [1.29, 1.82) is 5.41 Å². The summed E-state index contributed by atoms with van der Waals surface area (Å²) in [4.78, 5) is 0. The van der Waals surface area contributed by atoms with E-state index in [9.17, 15) is 5.11 Å². The molecule has 0 aliphatic carbocycles. The van der Waals surface area contributed by atoms with E-state index < -0.39 is 0 Å². The van der Waals surface area contributed by atoms with E-state index in [4.69, 9.17) is 11.1 Å². The summed E-state index contributed by atoms with van der Waals surface area (Å²) in [5.41, 5.74) is 10.3. The molecule has 0 radical (unpaired) electrons. The van der Waals surface area contributed by atoms with Gasteiger partial charge >= 0.3 is 0 Å². The standard InChI is InChI=1S/C16H16N2O/c1-11-2-3-13(16(19)8-9-17)10-15(11)12-4-6-14(18)7-5-12/h2-10,17,19H,18H2,1H3/b16-8-,17-9?. The van der Waals surface area contributed by atoms with Crippen LogP contribution in [0.25, 0.3) is 16.9 Å². The molecule has 0 spiro atoms. The maximum atomic E-state index is 9.82. The van der Waals surface area contributed by atoms with Gasteiger partial charge in [0.05, 0.1) is 0 Å². The quantitative estimate of drug-likeness (QED) is 0.442. The van der Waals surface area contributed by atoms with Gasteiger partial charge in [-0.05, 0) is 47.9 Å². The fourth-order valence-corrected chi connectivity index (χ4v) is 1.93. The summed E-state index contributed by atoms with van der Waals surface area (Å²) < 4.78 is 0. The van der Waals surface area contributed by atoms with Crippen LogP contribution in [0.15, 0.2) is 48.5 Å². The third-order valence-electron chi connectivity index (χ3n) is 3.00. The SMILES string of the molecule is Cc1ccc(/C(O)=C/C=N)cc1-c1ccc(N)cc1. The Morgan fingerprint density at radius 3 is 2.47 bits per heavy atom. The van der Waals surface area contributed by atoms with Gasteiger partial charge in [-0.2, -0.15) is 0 Å². The first-order valence-electron chi connectivity index (χ1n) is 5.98. The second kappa shape index (κ2) is 5.40. The highest BCUT2D eigenvalue weighted by atomic mass is 16.3. The highest BCUT2D eigenvalue weighted by Crippen LogP contribution is 2.27. The monoisotopic (exact) mass is 252 g/mol. The van der Waals surface area contributed by atoms with Gasteiger partial charge in [0.1, 0.15) is 5.76 Å². The van der Waals surface area contributed by atoms with E-state index in [1.54, 1.807) is 0 Å². The first kappa shape index (κ1) is 12.9. The van der Waals surface area contributed by atoms with Crippen LogP contribution in [0.2, 0.25) is 0 Å². The minimum atomic E-state index is 0.0895. The predicted molar refractivity (Wildman–Crippen MR) is 80.4 cm³/mol. The second-order valence-corrected chi connectivity index (χ2v) is 4.37. The molecule has 3 nitrogen and oxygen atoms in total. The minimum absolute atomic E-state index is 0.0895. The fraction of sp³-hybridized carbons (Fsp3) is 0.0625. The van der Waals surface area contributed by atoms with Crippen LogP contribution < -0.4 is 5.73 Å². The van der Waals surface area contributed by atoms with E-state index in [1.807, 2.05) is 49.4 Å². The van der Waals surface area contributed by atoms with Crippen LogP contribution in [0.3, 0.4) is 0 Å². The van der Waals surface area contributed by atoms with Crippen molar-refractivity contribution in [3.63, 3.8) is 0 Å². The van der Waals surface area contributed by atoms with Crippen LogP contribution in [-0.2, 0) is 0 Å². The minimum Gasteiger partial charge on any atom is -0.507 e. The average molecular weight is 252 g/mol. The first-order valence-corrected chi connectivity index (χ1v) is 5.98. The Balaban J connectivity index is 2.51. The van der Waals surface area contributed by atoms with Crippen LogP contribution in [0.1, 0.15) is 11.1 Å². The summed E-state index contributed by atoms with van der Waals surface area (Å²) in [6.45, 7) is 2.02. The number of benzene rings is 2. The largest absolute Gasteiger partial charge is 0.507 e. The van der Waals surface area contributed by atoms with E-state index >= 15 is 0 Å². The molecule has 0 amide bonds. The second-order valence-electron chi connectivity index (χ2n) is 4.37. The number of anilines is 1. The zero-order valence-electron chi connectivity index (χ0n) is 10.7. The molecule has 0 saturated carbocycles. The van der Waals surface area contributed by atoms with Gasteiger partial charge in [0.2, 0.25) is 0 Å². The number of hydrogen-bond donors (Lipinski definition) is 3. The van der Waals surface area contributed by atoms with Gasteiger partial charge in [0.25, 0.3) is 0 Å². The Kier molecular flexibility index (Phi) is 3.66. The van der Waals surface area contributed by atoms with Crippen molar-refractivity contribution >= 4 is 17.7 Å². The van der Waals surface area contributed by atoms with Crippen molar-refractivity contribution in [3.05, 3.63) is 59.7 Å². The number of hydrogen-bond acceptors (Lipinski definition) is 3. The third kappa shape index (κ3) is 2.83. The normalized spacial score (nSPS) is 11.3. The summed E-state index contributed by atoms with van der Waals surface area (Å²) in [6.07, 6.45) is 2.43. The zero-order chi connectivity index (χ0) is 13.8. The Labute approximate surface area is 112 Å². The molecule has 2 aromatic rings. The molecule has 2 aromatic carbocycles. The summed E-state index contributed by atoms with van der Waals surface area (Å²) in [5.74, 6) is 0.0895. The number of nitrogens with one attached hydrogen (secondary N) is 1. The summed E-state index contributed by atoms with van der Waals surface area (Å²) in [6, 6.07) is 13.3. The maximum Gasteiger partial charge on any atom is 0.124 e. The zero-order valence-corrected chi connectivity index (χ0v) is 10.7. The number of nitrogen functional groups attached to an aromatic ring is 1. The van der Waals surface area contributed by atoms with Gasteiger partial charge in [-0.3, -0.25) is 0 Å². The molecule has 0 fully saturated rings. The van der Waals surface area contributed by atoms with Crippen molar-refractivity contribution in [2.45, 2.75) is 6.92 Å². The molecular weight excluding hydrogens is 236 g/mol. The first-order chi connectivity index (χ1) is 9.11. The summed E-state index contributed by atoms with van der Waals surface area (Å²) >= 11 is 0. The molecule has 2 rings (SSSR count). The molecule has 0 unspecified atom stereocenters. The van der Waals surface area contributed by atoms with Crippen molar-refractivity contribution in [3.8, 4) is 11.1 Å². The Hall–Kier alpha value is -2.55. The van der Waals surface area contributed by atoms with E-state index in [0.29, 0.717) is 5.56 Å². The van der Waals surface area contributed by atoms with Gasteiger partial charge < -0.3 is 16.2 Å². The molecule has 0 atom stereocenters. The van der Waals surface area contributed by atoms with Gasteiger partial charge in [-0.15, -0.1) is 0 Å². The molecule has 0 saturated heterocycles. The maximum absolute atomic E-state index is 9.82. The Morgan fingerprint density at radius 1 is 1.16 bits per heavy atom. The number of aryl methyl sites for hydroxylation is 1. The molecule has 96 valence electrons. The predicted octanol–water partition coefficient (Wildman–Crippen LogP) is 3.79. The molecule has 0 bridgehead atoms. The number of aliphatic hydroxyl groups excluding tert-OH is 1. The highest BCUT2D eigenvalue weighted by Gasteiger charge is 2.05. The van der Waals surface area contributed by atoms with Crippen molar-refractivity contribution in [1.82, 2.24) is 0 Å². The lowest BCUT2D eigenvalue weighted by molar-refractivity contribution is 0.512. The van der Waals surface area contributed by atoms with Crippen LogP contribution in [-0.4, -0.2) is 11.3 Å². The van der Waals surface area contributed by atoms with E-state index in [1.165, 1.54) is 6.08 Å².